The molecule has 86 valence electrons. The summed E-state index contributed by atoms with van der Waals surface area (Å²) in [5.74, 6) is -0.858. The molecular formula is C9H7Cl3FN3. The van der Waals surface area contributed by atoms with Crippen molar-refractivity contribution in [3.8, 4) is 0 Å². The van der Waals surface area contributed by atoms with E-state index >= 15 is 0 Å². The van der Waals surface area contributed by atoms with Gasteiger partial charge in [-0.1, -0.05) is 34.8 Å². The van der Waals surface area contributed by atoms with Crippen LogP contribution in [0.4, 0.5) is 4.39 Å². The van der Waals surface area contributed by atoms with E-state index < -0.39 is 5.82 Å². The molecule has 0 aliphatic rings. The van der Waals surface area contributed by atoms with Crippen LogP contribution in [-0.2, 0) is 0 Å². The van der Waals surface area contributed by atoms with Crippen LogP contribution in [0.2, 0.25) is 15.1 Å². The second kappa shape index (κ2) is 5.48. The largest absolute Gasteiger partial charge is 0.386 e. The number of aliphatic imine (C=N–C) groups is 1. The third kappa shape index (κ3) is 3.07. The van der Waals surface area contributed by atoms with E-state index in [4.69, 9.17) is 45.9 Å². The Kier molecular flexibility index (Phi) is 4.53. The van der Waals surface area contributed by atoms with Gasteiger partial charge in [0.2, 0.25) is 0 Å². The average Bonchev–Trinajstić information content (AvgIpc) is 2.22. The Morgan fingerprint density at radius 1 is 1.44 bits per heavy atom. The van der Waals surface area contributed by atoms with Gasteiger partial charge in [-0.05, 0) is 6.07 Å². The maximum Gasteiger partial charge on any atom is 0.161 e. The number of benzene rings is 1. The SMILES string of the molecule is N=C(N)CN=Cc1cc(Cl)c(F)c(Cl)c1Cl. The zero-order valence-corrected chi connectivity index (χ0v) is 10.2. The summed E-state index contributed by atoms with van der Waals surface area (Å²) in [6, 6.07) is 1.30. The number of rotatable bonds is 3. The molecule has 0 aromatic heterocycles. The molecule has 1 aromatic rings. The number of nitrogens with two attached hydrogens (primary N) is 1. The van der Waals surface area contributed by atoms with Crippen LogP contribution in [0.5, 0.6) is 0 Å². The van der Waals surface area contributed by atoms with E-state index in [0.717, 1.165) is 0 Å². The molecule has 0 saturated carbocycles. The lowest BCUT2D eigenvalue weighted by molar-refractivity contribution is 0.628. The van der Waals surface area contributed by atoms with Crippen LogP contribution >= 0.6 is 34.8 Å². The maximum absolute atomic E-state index is 13.2. The first-order valence-electron chi connectivity index (χ1n) is 4.09. The molecule has 1 aromatic carbocycles. The summed E-state index contributed by atoms with van der Waals surface area (Å²) < 4.78 is 13.2. The van der Waals surface area contributed by atoms with E-state index in [1.807, 2.05) is 0 Å². The lowest BCUT2D eigenvalue weighted by atomic mass is 10.2. The molecule has 1 rings (SSSR count). The van der Waals surface area contributed by atoms with Gasteiger partial charge < -0.3 is 5.73 Å². The number of nitrogens with one attached hydrogen (secondary N) is 1. The van der Waals surface area contributed by atoms with Gasteiger partial charge in [-0.15, -0.1) is 0 Å². The van der Waals surface area contributed by atoms with Gasteiger partial charge in [0.1, 0.15) is 5.84 Å². The van der Waals surface area contributed by atoms with Crippen molar-refractivity contribution in [2.24, 2.45) is 10.7 Å². The molecule has 0 spiro atoms. The van der Waals surface area contributed by atoms with Gasteiger partial charge in [0.25, 0.3) is 0 Å². The second-order valence-electron chi connectivity index (χ2n) is 2.88. The van der Waals surface area contributed by atoms with Crippen LogP contribution in [-0.4, -0.2) is 18.6 Å². The molecule has 0 fully saturated rings. The van der Waals surface area contributed by atoms with Crippen molar-refractivity contribution in [3.63, 3.8) is 0 Å². The van der Waals surface area contributed by atoms with Crippen molar-refractivity contribution >= 4 is 46.9 Å². The number of halogens is 4. The summed E-state index contributed by atoms with van der Waals surface area (Å²) in [5, 5.41) is 6.58. The van der Waals surface area contributed by atoms with Crippen molar-refractivity contribution in [1.29, 1.82) is 5.41 Å². The van der Waals surface area contributed by atoms with Gasteiger partial charge in [-0.3, -0.25) is 10.4 Å². The van der Waals surface area contributed by atoms with Crippen molar-refractivity contribution in [2.75, 3.05) is 6.54 Å². The van der Waals surface area contributed by atoms with E-state index in [1.165, 1.54) is 12.3 Å². The average molecular weight is 283 g/mol. The van der Waals surface area contributed by atoms with E-state index in [2.05, 4.69) is 4.99 Å². The van der Waals surface area contributed by atoms with Crippen LogP contribution < -0.4 is 5.73 Å². The third-order valence-electron chi connectivity index (χ3n) is 1.62. The molecule has 0 amide bonds. The number of hydrogen-bond acceptors (Lipinski definition) is 2. The number of nitrogens with zero attached hydrogens (tertiary/aromatic N) is 1. The topological polar surface area (TPSA) is 62.2 Å². The lowest BCUT2D eigenvalue weighted by Gasteiger charge is -2.03. The fourth-order valence-corrected chi connectivity index (χ4v) is 1.59. The highest BCUT2D eigenvalue weighted by Gasteiger charge is 2.13. The number of hydrogen-bond donors (Lipinski definition) is 2. The molecule has 0 unspecified atom stereocenters. The molecule has 0 aliphatic carbocycles. The highest BCUT2D eigenvalue weighted by atomic mass is 35.5. The van der Waals surface area contributed by atoms with Gasteiger partial charge in [-0.25, -0.2) is 4.39 Å². The normalized spacial score (nSPS) is 11.0. The van der Waals surface area contributed by atoms with E-state index in [9.17, 15) is 4.39 Å². The van der Waals surface area contributed by atoms with Gasteiger partial charge in [0.15, 0.2) is 5.82 Å². The van der Waals surface area contributed by atoms with Gasteiger partial charge in [-0.2, -0.15) is 0 Å². The Hall–Kier alpha value is -0.840. The summed E-state index contributed by atoms with van der Waals surface area (Å²) in [6.07, 6.45) is 1.33. The molecule has 0 atom stereocenters. The highest BCUT2D eigenvalue weighted by molar-refractivity contribution is 6.44. The molecule has 3 nitrogen and oxygen atoms in total. The molecule has 0 radical (unpaired) electrons. The van der Waals surface area contributed by atoms with Crippen LogP contribution in [0, 0.1) is 11.2 Å². The molecule has 3 N–H and O–H groups in total. The first-order chi connectivity index (χ1) is 7.43. The lowest BCUT2D eigenvalue weighted by Crippen LogP contribution is -2.13. The molecule has 0 saturated heterocycles. The summed E-state index contributed by atoms with van der Waals surface area (Å²) >= 11 is 17.0. The van der Waals surface area contributed by atoms with Crippen LogP contribution in [0.1, 0.15) is 5.56 Å². The molecule has 0 aliphatic heterocycles. The van der Waals surface area contributed by atoms with Crippen molar-refractivity contribution in [3.05, 3.63) is 32.5 Å². The molecule has 0 heterocycles. The Morgan fingerprint density at radius 3 is 2.62 bits per heavy atom. The Bertz CT molecular complexity index is 460. The minimum absolute atomic E-state index is 0.0240. The van der Waals surface area contributed by atoms with Crippen LogP contribution in [0.25, 0.3) is 0 Å². The first kappa shape index (κ1) is 13.2. The fourth-order valence-electron chi connectivity index (χ4n) is 0.927. The third-order valence-corrected chi connectivity index (χ3v) is 2.76. The fraction of sp³-hybridized carbons (Fsp3) is 0.111. The van der Waals surface area contributed by atoms with Crippen LogP contribution in [0.15, 0.2) is 11.1 Å². The molecule has 16 heavy (non-hydrogen) atoms. The van der Waals surface area contributed by atoms with Gasteiger partial charge >= 0.3 is 0 Å². The zero-order chi connectivity index (χ0) is 12.3. The Balaban J connectivity index is 3.06. The second-order valence-corrected chi connectivity index (χ2v) is 4.05. The summed E-state index contributed by atoms with van der Waals surface area (Å²) in [7, 11) is 0. The molecule has 7 heteroatoms. The summed E-state index contributed by atoms with van der Waals surface area (Å²) in [6.45, 7) is 0.0307. The predicted octanol–water partition coefficient (Wildman–Crippen LogP) is 3.14. The Morgan fingerprint density at radius 2 is 2.06 bits per heavy atom. The predicted molar refractivity (Wildman–Crippen MR) is 65.8 cm³/mol. The zero-order valence-electron chi connectivity index (χ0n) is 7.90. The number of amidine groups is 1. The van der Waals surface area contributed by atoms with Crippen LogP contribution in [0.3, 0.4) is 0 Å². The summed E-state index contributed by atoms with van der Waals surface area (Å²) in [4.78, 5) is 3.82. The van der Waals surface area contributed by atoms with Crippen molar-refractivity contribution in [1.82, 2.24) is 0 Å². The maximum atomic E-state index is 13.2. The quantitative estimate of drug-likeness (QED) is 0.380. The highest BCUT2D eigenvalue weighted by Crippen LogP contribution is 2.32. The monoisotopic (exact) mass is 281 g/mol. The Labute approximate surface area is 107 Å². The van der Waals surface area contributed by atoms with Crippen molar-refractivity contribution in [2.45, 2.75) is 0 Å². The van der Waals surface area contributed by atoms with Gasteiger partial charge in [0, 0.05) is 11.8 Å². The van der Waals surface area contributed by atoms with E-state index in [0.29, 0.717) is 5.56 Å². The standard InChI is InChI=1S/C9H7Cl3FN3/c10-5-1-4(2-16-3-6(14)15)7(11)8(12)9(5)13/h1-2H,3H2,(H3,14,15). The van der Waals surface area contributed by atoms with E-state index in [1.54, 1.807) is 0 Å². The van der Waals surface area contributed by atoms with Crippen molar-refractivity contribution < 1.29 is 4.39 Å². The summed E-state index contributed by atoms with van der Waals surface area (Å²) in [5.41, 5.74) is 5.48. The smallest absolute Gasteiger partial charge is 0.161 e. The molecule has 0 bridgehead atoms. The molecular weight excluding hydrogens is 275 g/mol. The first-order valence-corrected chi connectivity index (χ1v) is 5.22. The van der Waals surface area contributed by atoms with Gasteiger partial charge in [0.05, 0.1) is 21.6 Å². The minimum Gasteiger partial charge on any atom is -0.386 e. The van der Waals surface area contributed by atoms with E-state index in [-0.39, 0.29) is 27.4 Å². The minimum atomic E-state index is -0.767.